The molecule has 24 nitrogen and oxygen atoms in total. The summed E-state index contributed by atoms with van der Waals surface area (Å²) in [4.78, 5) is 107. The Balaban J connectivity index is 0.0000732. The number of hydrogen-bond acceptors (Lipinski definition) is 19. The summed E-state index contributed by atoms with van der Waals surface area (Å²) in [5.74, 6) is -4.14. The number of quaternary nitrogens is 1. The summed E-state index contributed by atoms with van der Waals surface area (Å²) in [6.45, 7) is 11.6. The highest BCUT2D eigenvalue weighted by molar-refractivity contribution is 7.46. The zero-order valence-electron chi connectivity index (χ0n) is 78.0. The van der Waals surface area contributed by atoms with Gasteiger partial charge in [-0.25, -0.2) is 4.57 Å². The highest BCUT2D eigenvalue weighted by Crippen LogP contribution is 2.43. The van der Waals surface area contributed by atoms with Crippen LogP contribution in [0.5, 0.6) is 0 Å². The number of unbranched alkanes of at least 4 members (excludes halogenated alkanes) is 52. The zero-order chi connectivity index (χ0) is 87.7. The van der Waals surface area contributed by atoms with Crippen molar-refractivity contribution in [1.29, 1.82) is 0 Å². The summed E-state index contributed by atoms with van der Waals surface area (Å²) in [5.41, 5.74) is 0. The molecule has 13 atom stereocenters. The monoisotopic (exact) mass is 1750 g/mol. The number of hydrogen-bond donors (Lipinski definition) is 9. The summed E-state index contributed by atoms with van der Waals surface area (Å²) in [7, 11) is -5.58. The number of aliphatic hydroxyl groups excluding tert-OH is 4. The lowest BCUT2D eigenvalue weighted by Gasteiger charge is -2.46. The van der Waals surface area contributed by atoms with Gasteiger partial charge in [0, 0.05) is 19.3 Å². The molecule has 12 N–H and O–H groups in total. The van der Waals surface area contributed by atoms with E-state index in [1.54, 1.807) is 0 Å². The first kappa shape index (κ1) is 116. The van der Waals surface area contributed by atoms with Crippen LogP contribution >= 0.6 is 7.82 Å². The van der Waals surface area contributed by atoms with Gasteiger partial charge < -0.3 is 80.2 Å². The van der Waals surface area contributed by atoms with Crippen LogP contribution in [-0.4, -0.2) is 159 Å². The molecule has 2 fully saturated rings. The van der Waals surface area contributed by atoms with Crippen LogP contribution in [0.2, 0.25) is 0 Å². The second kappa shape index (κ2) is 78.8. The van der Waals surface area contributed by atoms with Gasteiger partial charge in [-0.3, -0.25) is 33.3 Å². The molecule has 2 aliphatic rings. The third kappa shape index (κ3) is 64.1. The Morgan fingerprint density at radius 1 is 0.380 bits per heavy atom. The third-order valence-electron chi connectivity index (χ3n) is 24.0. The average molecular weight is 1750 g/mol. The zero-order valence-corrected chi connectivity index (χ0v) is 78.9. The van der Waals surface area contributed by atoms with Gasteiger partial charge in [-0.15, -0.1) is 0 Å². The Kier molecular flexibility index (Phi) is 75.3. The maximum atomic E-state index is 15.1. The Morgan fingerprint density at radius 2 is 0.694 bits per heavy atom. The van der Waals surface area contributed by atoms with E-state index in [1.807, 2.05) is 0 Å². The maximum Gasteiger partial charge on any atom is 0.470 e. The van der Waals surface area contributed by atoms with E-state index in [1.165, 1.54) is 154 Å². The van der Waals surface area contributed by atoms with E-state index < -0.39 is 149 Å². The SMILES string of the molecule is CCCCCCCCCCCCCC(=O)O[C@H](CCCCCCCCCCC)CC(=O)NC1[C@H](OCC2C[C@H](OC(=O)C[C@H](O)CCCCCCCCCCC)C(NC(=O)C[C@H](O)CCCCCCCCCCC)[C@@H](O)O2)OC(CO)[C@@H](OP(=O)(O)O)[C@@H]1OC(=O)C[C@@H](CCCCCCCCCCC)OC(=O)CCCCCCCCCCCCC.[NH4+]. The van der Waals surface area contributed by atoms with Crippen molar-refractivity contribution in [3.8, 4) is 0 Å². The molecule has 0 radical (unpaired) electrons. The number of esters is 4. The molecule has 25 heteroatoms. The minimum atomic E-state index is -5.58. The fourth-order valence-electron chi connectivity index (χ4n) is 16.7. The quantitative estimate of drug-likeness (QED) is 0.0118. The number of ether oxygens (including phenoxy) is 7. The van der Waals surface area contributed by atoms with Crippen molar-refractivity contribution >= 4 is 43.5 Å². The second-order valence-corrected chi connectivity index (χ2v) is 36.8. The standard InChI is InChI=1S/C96H181N2O21P.H3N/c1-7-13-19-25-31-37-39-45-51-57-63-69-87(104)113-80(67-61-55-49-43-35-29-23-17-11-5)74-86(103)98-92-94(118-90(107)75-81(68-62-56-50-44-36-30-24-18-12-6)114-88(105)70-64-58-52-46-40-38-32-26-20-14-8-2)93(119-120(109,110)111)84(76-99)117-96(92)112-77-82-73-83(116-89(106)72-79(101)66-60-54-48-42-34-28-22-16-10-4)91(95(108)115-82)97-85(102)71-78(100)65-59-53-47-41-33-27-21-15-9-3;/h78-84,91-96,99-101,108H,7-77H2,1-6H3,(H,97,102)(H,98,103)(H2,109,110,111);1H3/p+1/t78-,79-,80-,81-,82?,83+,84?,91?,92?,93-,94-,95+,96-;/m1./s1. The topological polar surface area (TPSA) is 375 Å². The normalized spacial score (nSPS) is 19.7. The smallest absolute Gasteiger partial charge is 0.462 e. The predicted octanol–water partition coefficient (Wildman–Crippen LogP) is 22.7. The first-order chi connectivity index (χ1) is 58.2. The van der Waals surface area contributed by atoms with Crippen LogP contribution in [-0.2, 0) is 71.0 Å². The molecular weight excluding hydrogens is 1560 g/mol. The Bertz CT molecular complexity index is 2520. The molecule has 2 heterocycles. The number of carbonyl (C=O) groups is 6. The summed E-state index contributed by atoms with van der Waals surface area (Å²) < 4.78 is 62.4. The molecule has 0 bridgehead atoms. The minimum Gasteiger partial charge on any atom is -0.462 e. The Hall–Kier alpha value is -3.39. The number of carbonyl (C=O) groups excluding carboxylic acids is 6. The van der Waals surface area contributed by atoms with Crippen molar-refractivity contribution in [3.05, 3.63) is 0 Å². The van der Waals surface area contributed by atoms with Gasteiger partial charge >= 0.3 is 31.7 Å². The Labute approximate surface area is 735 Å². The molecular formula is C96H185N3O21P+. The molecule has 0 spiro atoms. The van der Waals surface area contributed by atoms with Crippen LogP contribution in [0.15, 0.2) is 0 Å². The maximum absolute atomic E-state index is 15.1. The van der Waals surface area contributed by atoms with Crippen LogP contribution in [0, 0.1) is 0 Å². The van der Waals surface area contributed by atoms with Gasteiger partial charge in [0.15, 0.2) is 18.7 Å². The van der Waals surface area contributed by atoms with E-state index in [0.29, 0.717) is 64.2 Å². The highest BCUT2D eigenvalue weighted by Gasteiger charge is 2.53. The largest absolute Gasteiger partial charge is 0.470 e. The molecule has 0 saturated carbocycles. The molecule has 2 rings (SSSR count). The fraction of sp³-hybridized carbons (Fsp3) is 0.938. The molecule has 4 unspecified atom stereocenters. The average Bonchev–Trinajstić information content (AvgIpc) is 0.777. The van der Waals surface area contributed by atoms with Crippen molar-refractivity contribution in [1.82, 2.24) is 16.8 Å². The van der Waals surface area contributed by atoms with Crippen molar-refractivity contribution in [2.24, 2.45) is 0 Å². The summed E-state index contributed by atoms with van der Waals surface area (Å²) in [5, 5.41) is 51.0. The molecule has 2 aliphatic heterocycles. The van der Waals surface area contributed by atoms with Crippen LogP contribution in [0.4, 0.5) is 0 Å². The van der Waals surface area contributed by atoms with E-state index >= 15 is 4.79 Å². The lowest BCUT2D eigenvalue weighted by atomic mass is 9.95. The molecule has 714 valence electrons. The second-order valence-electron chi connectivity index (χ2n) is 35.6. The number of phosphoric ester groups is 1. The van der Waals surface area contributed by atoms with E-state index in [-0.39, 0.29) is 38.3 Å². The van der Waals surface area contributed by atoms with Gasteiger partial charge in [-0.2, -0.15) is 0 Å². The van der Waals surface area contributed by atoms with Gasteiger partial charge in [-0.05, 0) is 51.4 Å². The fourth-order valence-corrected chi connectivity index (χ4v) is 17.3. The van der Waals surface area contributed by atoms with Gasteiger partial charge in [0.2, 0.25) is 11.8 Å². The first-order valence-corrected chi connectivity index (χ1v) is 51.4. The molecule has 0 aromatic carbocycles. The van der Waals surface area contributed by atoms with Crippen LogP contribution in [0.25, 0.3) is 0 Å². The lowest BCUT2D eigenvalue weighted by molar-refractivity contribution is -0.287. The summed E-state index contributed by atoms with van der Waals surface area (Å²) in [6.07, 6.45) is 45.6. The van der Waals surface area contributed by atoms with Gasteiger partial charge in [0.1, 0.15) is 42.6 Å². The van der Waals surface area contributed by atoms with E-state index in [0.717, 1.165) is 180 Å². The van der Waals surface area contributed by atoms with Crippen molar-refractivity contribution in [2.45, 2.75) is 564 Å². The van der Waals surface area contributed by atoms with Crippen molar-refractivity contribution in [3.63, 3.8) is 0 Å². The van der Waals surface area contributed by atoms with Gasteiger partial charge in [-0.1, -0.05) is 388 Å². The molecule has 2 amide bonds. The Morgan fingerprint density at radius 3 is 1.06 bits per heavy atom. The number of phosphoric acid groups is 1. The van der Waals surface area contributed by atoms with Crippen LogP contribution in [0.3, 0.4) is 0 Å². The van der Waals surface area contributed by atoms with Crippen LogP contribution in [0.1, 0.15) is 485 Å². The molecule has 2 saturated heterocycles. The molecule has 0 aliphatic carbocycles. The van der Waals surface area contributed by atoms with E-state index in [4.69, 9.17) is 37.7 Å². The lowest BCUT2D eigenvalue weighted by Crippen LogP contribution is -2.66. The molecule has 121 heavy (non-hydrogen) atoms. The highest BCUT2D eigenvalue weighted by atomic mass is 31.2. The van der Waals surface area contributed by atoms with Crippen molar-refractivity contribution < 1.29 is 101 Å². The molecule has 0 aromatic rings. The molecule has 0 aromatic heterocycles. The summed E-state index contributed by atoms with van der Waals surface area (Å²) in [6, 6.07) is -3.10. The number of aliphatic hydroxyl groups is 4. The number of rotatable bonds is 84. The number of amides is 2. The van der Waals surface area contributed by atoms with Gasteiger partial charge in [0.25, 0.3) is 0 Å². The van der Waals surface area contributed by atoms with Gasteiger partial charge in [0.05, 0.1) is 57.2 Å². The van der Waals surface area contributed by atoms with E-state index in [2.05, 4.69) is 52.2 Å². The van der Waals surface area contributed by atoms with Crippen LogP contribution < -0.4 is 16.8 Å². The number of nitrogens with one attached hydrogen (secondary N) is 2. The third-order valence-corrected chi connectivity index (χ3v) is 24.5. The van der Waals surface area contributed by atoms with E-state index in [9.17, 15) is 58.8 Å². The first-order valence-electron chi connectivity index (χ1n) is 49.9. The predicted molar refractivity (Wildman–Crippen MR) is 483 cm³/mol. The van der Waals surface area contributed by atoms with Crippen molar-refractivity contribution in [2.75, 3.05) is 13.2 Å². The summed E-state index contributed by atoms with van der Waals surface area (Å²) >= 11 is 0. The minimum absolute atomic E-state index is 0.